The van der Waals surface area contributed by atoms with Gasteiger partial charge >= 0.3 is 0 Å². The highest BCUT2D eigenvalue weighted by atomic mass is 28.4. The molecule has 1 aromatic rings. The van der Waals surface area contributed by atoms with Crippen LogP contribution in [-0.2, 0) is 13.6 Å². The highest BCUT2D eigenvalue weighted by Crippen LogP contribution is 2.21. The third-order valence-electron chi connectivity index (χ3n) is 2.45. The second kappa shape index (κ2) is 7.18. The number of benzene rings is 1. The molecule has 0 heterocycles. The molecule has 3 nitrogen and oxygen atoms in total. The number of rotatable bonds is 7. The summed E-state index contributed by atoms with van der Waals surface area (Å²) < 4.78 is 17.8. The van der Waals surface area contributed by atoms with Crippen molar-refractivity contribution in [3.8, 4) is 0 Å². The van der Waals surface area contributed by atoms with Gasteiger partial charge in [-0.25, -0.2) is 0 Å². The van der Waals surface area contributed by atoms with Gasteiger partial charge in [0.05, 0.1) is 0 Å². The third kappa shape index (κ3) is 7.97. The summed E-state index contributed by atoms with van der Waals surface area (Å²) in [5.41, 5.74) is 1.13. The maximum absolute atomic E-state index is 5.99. The minimum atomic E-state index is -1.72. The molecule has 118 valence electrons. The third-order valence-corrected chi connectivity index (χ3v) is 4.08. The molecule has 0 fully saturated rings. The Bertz CT molecular complexity index is 441. The first-order chi connectivity index (χ1) is 9.57. The van der Waals surface area contributed by atoms with E-state index in [0.717, 1.165) is 5.56 Å². The van der Waals surface area contributed by atoms with E-state index in [0.29, 0.717) is 5.95 Å². The van der Waals surface area contributed by atoms with Crippen molar-refractivity contribution < 1.29 is 13.6 Å². The lowest BCUT2D eigenvalue weighted by atomic mass is 10.1. The molecule has 0 amide bonds. The SMILES string of the molecule is C[C@@H](OC=C(O[Si](C)(C)C)O[Si](C)(C)C)c1ccccc1. The van der Waals surface area contributed by atoms with Gasteiger partial charge < -0.3 is 13.6 Å². The molecule has 21 heavy (non-hydrogen) atoms. The molecule has 0 saturated heterocycles. The van der Waals surface area contributed by atoms with E-state index in [4.69, 9.17) is 13.6 Å². The van der Waals surface area contributed by atoms with Crippen molar-refractivity contribution in [1.29, 1.82) is 0 Å². The van der Waals surface area contributed by atoms with Crippen LogP contribution in [0.5, 0.6) is 0 Å². The fraction of sp³-hybridized carbons (Fsp3) is 0.500. The zero-order chi connectivity index (χ0) is 16.1. The van der Waals surface area contributed by atoms with E-state index in [2.05, 4.69) is 51.4 Å². The van der Waals surface area contributed by atoms with E-state index in [1.807, 2.05) is 25.1 Å². The van der Waals surface area contributed by atoms with Crippen LogP contribution < -0.4 is 0 Å². The van der Waals surface area contributed by atoms with Crippen molar-refractivity contribution >= 4 is 16.6 Å². The van der Waals surface area contributed by atoms with Crippen molar-refractivity contribution in [2.45, 2.75) is 52.3 Å². The Morgan fingerprint density at radius 3 is 1.81 bits per heavy atom. The average Bonchev–Trinajstić information content (AvgIpc) is 2.33. The van der Waals surface area contributed by atoms with E-state index in [9.17, 15) is 0 Å². The van der Waals surface area contributed by atoms with Crippen LogP contribution in [0, 0.1) is 0 Å². The lowest BCUT2D eigenvalue weighted by molar-refractivity contribution is 0.122. The molecule has 1 aromatic carbocycles. The first kappa shape index (κ1) is 17.8. The summed E-state index contributed by atoms with van der Waals surface area (Å²) in [7, 11) is -3.44. The Morgan fingerprint density at radius 1 is 0.905 bits per heavy atom. The van der Waals surface area contributed by atoms with E-state index >= 15 is 0 Å². The van der Waals surface area contributed by atoms with Crippen molar-refractivity contribution in [1.82, 2.24) is 0 Å². The quantitative estimate of drug-likeness (QED) is 0.505. The van der Waals surface area contributed by atoms with Crippen LogP contribution in [0.25, 0.3) is 0 Å². The van der Waals surface area contributed by atoms with Gasteiger partial charge in [0.25, 0.3) is 5.95 Å². The maximum atomic E-state index is 5.99. The molecule has 0 aliphatic carbocycles. The summed E-state index contributed by atoms with van der Waals surface area (Å²) in [6.45, 7) is 14.8. The summed E-state index contributed by atoms with van der Waals surface area (Å²) >= 11 is 0. The number of hydrogen-bond acceptors (Lipinski definition) is 3. The van der Waals surface area contributed by atoms with Gasteiger partial charge in [-0.05, 0) is 51.8 Å². The standard InChI is InChI=1S/C16H28O3Si2/c1-14(15-11-9-8-10-12-15)17-13-16(18-20(2,3)4)19-21(5,6)7/h8-14H,1-7H3/t14-/m1/s1. The van der Waals surface area contributed by atoms with Crippen molar-refractivity contribution in [3.05, 3.63) is 48.1 Å². The smallest absolute Gasteiger partial charge is 0.287 e. The van der Waals surface area contributed by atoms with Crippen LogP contribution >= 0.6 is 0 Å². The first-order valence-electron chi connectivity index (χ1n) is 7.35. The average molecular weight is 325 g/mol. The van der Waals surface area contributed by atoms with Crippen molar-refractivity contribution in [2.75, 3.05) is 0 Å². The normalized spacial score (nSPS) is 13.3. The molecule has 0 spiro atoms. The maximum Gasteiger partial charge on any atom is 0.287 e. The van der Waals surface area contributed by atoms with Crippen LogP contribution in [0.15, 0.2) is 42.5 Å². The minimum Gasteiger partial charge on any atom is -0.518 e. The fourth-order valence-electron chi connectivity index (χ4n) is 1.63. The fourth-order valence-corrected chi connectivity index (χ4v) is 3.10. The van der Waals surface area contributed by atoms with Gasteiger partial charge in [0, 0.05) is 0 Å². The number of hydrogen-bond donors (Lipinski definition) is 0. The highest BCUT2D eigenvalue weighted by Gasteiger charge is 2.24. The van der Waals surface area contributed by atoms with Gasteiger partial charge in [0.15, 0.2) is 6.26 Å². The molecule has 0 saturated carbocycles. The second-order valence-corrected chi connectivity index (χ2v) is 15.9. The Labute approximate surface area is 131 Å². The van der Waals surface area contributed by atoms with Gasteiger partial charge in [0.2, 0.25) is 16.6 Å². The van der Waals surface area contributed by atoms with E-state index in [-0.39, 0.29) is 6.10 Å². The molecule has 1 atom stereocenters. The molecule has 0 aliphatic rings. The zero-order valence-electron chi connectivity index (χ0n) is 14.3. The molecule has 0 bridgehead atoms. The van der Waals surface area contributed by atoms with E-state index in [1.165, 1.54) is 0 Å². The Morgan fingerprint density at radius 2 is 1.38 bits per heavy atom. The van der Waals surface area contributed by atoms with E-state index < -0.39 is 16.6 Å². The summed E-state index contributed by atoms with van der Waals surface area (Å²) in [6.07, 6.45) is 1.60. The van der Waals surface area contributed by atoms with Crippen LogP contribution in [0.2, 0.25) is 39.3 Å². The van der Waals surface area contributed by atoms with Gasteiger partial charge in [-0.3, -0.25) is 0 Å². The van der Waals surface area contributed by atoms with E-state index in [1.54, 1.807) is 6.26 Å². The Hall–Kier alpha value is -1.21. The Kier molecular flexibility index (Phi) is 6.10. The summed E-state index contributed by atoms with van der Waals surface area (Å²) in [5, 5.41) is 0. The lowest BCUT2D eigenvalue weighted by Gasteiger charge is -2.27. The second-order valence-electron chi connectivity index (χ2n) is 7.05. The minimum absolute atomic E-state index is 0.0309. The van der Waals surface area contributed by atoms with Gasteiger partial charge in [0.1, 0.15) is 6.10 Å². The van der Waals surface area contributed by atoms with Crippen molar-refractivity contribution in [2.24, 2.45) is 0 Å². The molecule has 0 aromatic heterocycles. The monoisotopic (exact) mass is 324 g/mol. The topological polar surface area (TPSA) is 27.7 Å². The highest BCUT2D eigenvalue weighted by molar-refractivity contribution is 6.71. The molecular weight excluding hydrogens is 296 g/mol. The molecule has 0 N–H and O–H groups in total. The molecule has 5 heteroatoms. The largest absolute Gasteiger partial charge is 0.518 e. The predicted octanol–water partition coefficient (Wildman–Crippen LogP) is 5.27. The lowest BCUT2D eigenvalue weighted by Crippen LogP contribution is -2.31. The Balaban J connectivity index is 2.78. The summed E-state index contributed by atoms with van der Waals surface area (Å²) in [6, 6.07) is 10.1. The van der Waals surface area contributed by atoms with Crippen molar-refractivity contribution in [3.63, 3.8) is 0 Å². The van der Waals surface area contributed by atoms with Crippen LogP contribution in [-0.4, -0.2) is 16.6 Å². The molecule has 0 unspecified atom stereocenters. The predicted molar refractivity (Wildman–Crippen MR) is 92.9 cm³/mol. The summed E-state index contributed by atoms with van der Waals surface area (Å²) in [5.74, 6) is 0.524. The first-order valence-corrected chi connectivity index (χ1v) is 14.2. The van der Waals surface area contributed by atoms with Gasteiger partial charge in [-0.1, -0.05) is 30.3 Å². The molecule has 0 radical (unpaired) electrons. The molecule has 0 aliphatic heterocycles. The van der Waals surface area contributed by atoms with Crippen LogP contribution in [0.4, 0.5) is 0 Å². The van der Waals surface area contributed by atoms with Gasteiger partial charge in [-0.2, -0.15) is 0 Å². The summed E-state index contributed by atoms with van der Waals surface area (Å²) in [4.78, 5) is 0. The van der Waals surface area contributed by atoms with Crippen LogP contribution in [0.1, 0.15) is 18.6 Å². The van der Waals surface area contributed by atoms with Crippen LogP contribution in [0.3, 0.4) is 0 Å². The number of ether oxygens (including phenoxy) is 1. The zero-order valence-corrected chi connectivity index (χ0v) is 16.3. The van der Waals surface area contributed by atoms with Gasteiger partial charge in [-0.15, -0.1) is 0 Å². The molecule has 1 rings (SSSR count). The molecular formula is C16H28O3Si2.